The zero-order chi connectivity index (χ0) is 24.1. The Balaban J connectivity index is 1.75. The van der Waals surface area contributed by atoms with Crippen molar-refractivity contribution in [3.63, 3.8) is 0 Å². The molecule has 0 saturated heterocycles. The first-order valence-corrected chi connectivity index (χ1v) is 14.2. The Morgan fingerprint density at radius 1 is 0.382 bits per heavy atom. The minimum Gasteiger partial charge on any atom is -0.462 e. The van der Waals surface area contributed by atoms with E-state index in [9.17, 15) is 9.59 Å². The van der Waals surface area contributed by atoms with Crippen molar-refractivity contribution in [3.05, 3.63) is 35.4 Å². The van der Waals surface area contributed by atoms with E-state index in [1.807, 2.05) is 0 Å². The number of ether oxygens (including phenoxy) is 2. The summed E-state index contributed by atoms with van der Waals surface area (Å²) in [5, 5.41) is 0. The van der Waals surface area contributed by atoms with Crippen molar-refractivity contribution in [1.29, 1.82) is 0 Å². The van der Waals surface area contributed by atoms with Crippen molar-refractivity contribution < 1.29 is 19.1 Å². The van der Waals surface area contributed by atoms with Gasteiger partial charge in [0.05, 0.1) is 24.3 Å². The molecular weight excluding hydrogens is 424 g/mol. The van der Waals surface area contributed by atoms with Gasteiger partial charge in [-0.3, -0.25) is 0 Å². The Hall–Kier alpha value is -1.84. The molecule has 192 valence electrons. The fourth-order valence-corrected chi connectivity index (χ4v) is 4.71. The highest BCUT2D eigenvalue weighted by Gasteiger charge is 2.18. The average Bonchev–Trinajstić information content (AvgIpc) is 2.85. The standard InChI is InChI=1S/C30H48O4/c31-29-27-23-19-20-24-28(27)30(32)34-26-22-18-16-14-12-10-8-6-4-2-1-3-5-7-9-11-13-15-17-21-25-33-29/h19-20,23-24H,1-18,21-22,25-26H2. The van der Waals surface area contributed by atoms with Gasteiger partial charge in [-0.2, -0.15) is 0 Å². The molecule has 0 N–H and O–H groups in total. The molecule has 4 heteroatoms. The molecule has 0 atom stereocenters. The van der Waals surface area contributed by atoms with Crippen LogP contribution in [-0.2, 0) is 9.47 Å². The first kappa shape index (κ1) is 28.4. The summed E-state index contributed by atoms with van der Waals surface area (Å²) in [5.41, 5.74) is 0.612. The van der Waals surface area contributed by atoms with E-state index >= 15 is 0 Å². The molecule has 0 saturated carbocycles. The summed E-state index contributed by atoms with van der Waals surface area (Å²) >= 11 is 0. The Bertz CT molecular complexity index is 613. The first-order chi connectivity index (χ1) is 16.8. The second-order valence-electron chi connectivity index (χ2n) is 9.89. The van der Waals surface area contributed by atoms with E-state index in [0.717, 1.165) is 25.7 Å². The maximum Gasteiger partial charge on any atom is 0.339 e. The van der Waals surface area contributed by atoms with Crippen LogP contribution < -0.4 is 0 Å². The Labute approximate surface area is 208 Å². The van der Waals surface area contributed by atoms with Crippen LogP contribution in [0.15, 0.2) is 24.3 Å². The highest BCUT2D eigenvalue weighted by molar-refractivity contribution is 6.03. The van der Waals surface area contributed by atoms with E-state index in [2.05, 4.69) is 0 Å². The summed E-state index contributed by atoms with van der Waals surface area (Å²) in [6.45, 7) is 0.810. The number of hydrogen-bond acceptors (Lipinski definition) is 4. The SMILES string of the molecule is O=C1OCCCCCCCCCCCCCCCCCCCCCCOC(=O)c2ccccc21. The van der Waals surface area contributed by atoms with E-state index < -0.39 is 11.9 Å². The molecule has 0 unspecified atom stereocenters. The monoisotopic (exact) mass is 472 g/mol. The van der Waals surface area contributed by atoms with Gasteiger partial charge in [0.1, 0.15) is 0 Å². The Morgan fingerprint density at radius 2 is 0.618 bits per heavy atom. The van der Waals surface area contributed by atoms with Gasteiger partial charge in [0, 0.05) is 0 Å². The summed E-state index contributed by atoms with van der Waals surface area (Å²) in [6, 6.07) is 6.82. The number of cyclic esters (lactones) is 2. The third-order valence-corrected chi connectivity index (χ3v) is 6.87. The van der Waals surface area contributed by atoms with Gasteiger partial charge in [0.15, 0.2) is 0 Å². The lowest BCUT2D eigenvalue weighted by atomic mass is 10.0. The van der Waals surface area contributed by atoms with Gasteiger partial charge in [-0.1, -0.05) is 128 Å². The molecule has 0 fully saturated rings. The maximum absolute atomic E-state index is 12.5. The number of hydrogen-bond donors (Lipinski definition) is 0. The van der Waals surface area contributed by atoms with Gasteiger partial charge < -0.3 is 9.47 Å². The molecule has 0 bridgehead atoms. The van der Waals surface area contributed by atoms with Crippen LogP contribution in [0.5, 0.6) is 0 Å². The second-order valence-corrected chi connectivity index (χ2v) is 9.89. The molecule has 1 aliphatic heterocycles. The van der Waals surface area contributed by atoms with E-state index in [0.29, 0.717) is 24.3 Å². The van der Waals surface area contributed by atoms with Gasteiger partial charge >= 0.3 is 11.9 Å². The molecular formula is C30H48O4. The van der Waals surface area contributed by atoms with Crippen molar-refractivity contribution >= 4 is 11.9 Å². The topological polar surface area (TPSA) is 52.6 Å². The first-order valence-electron chi connectivity index (χ1n) is 14.2. The van der Waals surface area contributed by atoms with Crippen LogP contribution in [0, 0.1) is 0 Å². The largest absolute Gasteiger partial charge is 0.462 e. The fraction of sp³-hybridized carbons (Fsp3) is 0.733. The number of carbonyl (C=O) groups excluding carboxylic acids is 2. The van der Waals surface area contributed by atoms with Gasteiger partial charge in [0.25, 0.3) is 0 Å². The van der Waals surface area contributed by atoms with E-state index in [4.69, 9.17) is 9.47 Å². The molecule has 0 aliphatic carbocycles. The van der Waals surface area contributed by atoms with E-state index in [1.54, 1.807) is 24.3 Å². The lowest BCUT2D eigenvalue weighted by molar-refractivity contribution is 0.0450. The summed E-state index contributed by atoms with van der Waals surface area (Å²) in [5.74, 6) is -0.860. The quantitative estimate of drug-likeness (QED) is 0.354. The van der Waals surface area contributed by atoms with Gasteiger partial charge in [-0.25, -0.2) is 9.59 Å². The smallest absolute Gasteiger partial charge is 0.339 e. The van der Waals surface area contributed by atoms with Crippen LogP contribution in [-0.4, -0.2) is 25.2 Å². The third kappa shape index (κ3) is 13.2. The molecule has 0 aromatic heterocycles. The summed E-state index contributed by atoms with van der Waals surface area (Å²) in [4.78, 5) is 25.1. The Kier molecular flexibility index (Phi) is 16.3. The molecule has 0 amide bonds. The van der Waals surface area contributed by atoms with Crippen molar-refractivity contribution in [2.24, 2.45) is 0 Å². The lowest BCUT2D eigenvalue weighted by Gasteiger charge is -2.10. The van der Waals surface area contributed by atoms with Gasteiger partial charge in [-0.05, 0) is 25.0 Å². The number of benzene rings is 1. The van der Waals surface area contributed by atoms with Crippen LogP contribution in [0.2, 0.25) is 0 Å². The molecule has 2 rings (SSSR count). The molecule has 1 aromatic rings. The second kappa shape index (κ2) is 19.5. The van der Waals surface area contributed by atoms with Gasteiger partial charge in [0.2, 0.25) is 0 Å². The predicted molar refractivity (Wildman–Crippen MR) is 139 cm³/mol. The van der Waals surface area contributed by atoms with Crippen molar-refractivity contribution in [1.82, 2.24) is 0 Å². The number of esters is 2. The lowest BCUT2D eigenvalue weighted by Crippen LogP contribution is -2.15. The van der Waals surface area contributed by atoms with Gasteiger partial charge in [-0.15, -0.1) is 0 Å². The summed E-state index contributed by atoms with van der Waals surface area (Å²) in [6.07, 6.45) is 25.3. The number of rotatable bonds is 0. The van der Waals surface area contributed by atoms with E-state index in [1.165, 1.54) is 103 Å². The zero-order valence-corrected chi connectivity index (χ0v) is 21.5. The molecule has 1 heterocycles. The maximum atomic E-state index is 12.5. The summed E-state index contributed by atoms with van der Waals surface area (Å²) < 4.78 is 10.9. The van der Waals surface area contributed by atoms with Crippen molar-refractivity contribution in [2.45, 2.75) is 128 Å². The van der Waals surface area contributed by atoms with Crippen LogP contribution in [0.4, 0.5) is 0 Å². The Morgan fingerprint density at radius 3 is 0.882 bits per heavy atom. The van der Waals surface area contributed by atoms with Crippen LogP contribution in [0.3, 0.4) is 0 Å². The third-order valence-electron chi connectivity index (χ3n) is 6.87. The molecule has 34 heavy (non-hydrogen) atoms. The average molecular weight is 473 g/mol. The van der Waals surface area contributed by atoms with Crippen LogP contribution in [0.25, 0.3) is 0 Å². The highest BCUT2D eigenvalue weighted by Crippen LogP contribution is 2.16. The number of carbonyl (C=O) groups is 2. The molecule has 4 nitrogen and oxygen atoms in total. The minimum atomic E-state index is -0.430. The normalized spacial score (nSPS) is 20.7. The zero-order valence-electron chi connectivity index (χ0n) is 21.5. The van der Waals surface area contributed by atoms with E-state index in [-0.39, 0.29) is 0 Å². The minimum absolute atomic E-state index is 0.306. The highest BCUT2D eigenvalue weighted by atomic mass is 16.5. The molecule has 1 aromatic carbocycles. The van der Waals surface area contributed by atoms with Crippen molar-refractivity contribution in [3.8, 4) is 0 Å². The summed E-state index contributed by atoms with van der Waals surface area (Å²) in [7, 11) is 0. The molecule has 0 spiro atoms. The predicted octanol–water partition coefficient (Wildman–Crippen LogP) is 8.82. The number of fused-ring (bicyclic) bond motifs is 1. The van der Waals surface area contributed by atoms with Crippen LogP contribution in [0.1, 0.15) is 149 Å². The molecule has 1 aliphatic rings. The van der Waals surface area contributed by atoms with Crippen molar-refractivity contribution in [2.75, 3.05) is 13.2 Å². The van der Waals surface area contributed by atoms with Crippen LogP contribution >= 0.6 is 0 Å². The fourth-order valence-electron chi connectivity index (χ4n) is 4.71. The molecule has 0 radical (unpaired) electrons.